The van der Waals surface area contributed by atoms with Crippen LogP contribution in [0.2, 0.25) is 0 Å². The van der Waals surface area contributed by atoms with E-state index in [1.807, 2.05) is 0 Å². The third kappa shape index (κ3) is 5.20. The molecule has 0 amide bonds. The highest BCUT2D eigenvalue weighted by Gasteiger charge is 2.26. The average Bonchev–Trinajstić information content (AvgIpc) is 3.38. The lowest BCUT2D eigenvalue weighted by Gasteiger charge is -2.22. The van der Waals surface area contributed by atoms with E-state index in [2.05, 4.69) is 15.6 Å². The fourth-order valence-electron chi connectivity index (χ4n) is 3.98. The highest BCUT2D eigenvalue weighted by molar-refractivity contribution is 5.85. The molecule has 1 fully saturated rings. The lowest BCUT2D eigenvalue weighted by molar-refractivity contribution is 0.169. The molecule has 0 saturated carbocycles. The molecule has 1 saturated heterocycles. The third-order valence-corrected chi connectivity index (χ3v) is 5.95. The maximum absolute atomic E-state index is 14.7. The minimum absolute atomic E-state index is 0.0622. The number of pyridine rings is 2. The number of anilines is 2. The highest BCUT2D eigenvalue weighted by atomic mass is 19.1. The Morgan fingerprint density at radius 1 is 1.26 bits per heavy atom. The summed E-state index contributed by atoms with van der Waals surface area (Å²) in [7, 11) is 0. The predicted octanol–water partition coefficient (Wildman–Crippen LogP) is 3.07. The largest absolute Gasteiger partial charge is 0.394 e. The summed E-state index contributed by atoms with van der Waals surface area (Å²) in [4.78, 5) is 17.1. The van der Waals surface area contributed by atoms with Gasteiger partial charge in [-0.1, -0.05) is 6.07 Å². The molecule has 8 nitrogen and oxygen atoms in total. The maximum Gasteiger partial charge on any atom is 0.266 e. The first-order valence-corrected chi connectivity index (χ1v) is 11.0. The van der Waals surface area contributed by atoms with Gasteiger partial charge in [0.05, 0.1) is 42.4 Å². The van der Waals surface area contributed by atoms with E-state index >= 15 is 0 Å². The number of rotatable bonds is 9. The van der Waals surface area contributed by atoms with E-state index in [1.54, 1.807) is 0 Å². The molecule has 0 radical (unpaired) electrons. The first-order valence-electron chi connectivity index (χ1n) is 11.0. The van der Waals surface area contributed by atoms with Crippen LogP contribution < -0.4 is 16.2 Å². The summed E-state index contributed by atoms with van der Waals surface area (Å²) in [6, 6.07) is 5.88. The van der Waals surface area contributed by atoms with Crippen LogP contribution in [0.4, 0.5) is 24.7 Å². The minimum Gasteiger partial charge on any atom is -0.394 e. The Balaban J connectivity index is 1.62. The van der Waals surface area contributed by atoms with Gasteiger partial charge in [0, 0.05) is 43.1 Å². The molecule has 0 bridgehead atoms. The average molecular weight is 487 g/mol. The van der Waals surface area contributed by atoms with E-state index in [4.69, 9.17) is 10.1 Å². The van der Waals surface area contributed by atoms with Gasteiger partial charge in [-0.3, -0.25) is 9.36 Å². The Labute approximate surface area is 198 Å². The second kappa shape index (κ2) is 10.7. The fourth-order valence-corrected chi connectivity index (χ4v) is 3.98. The second-order valence-electron chi connectivity index (χ2n) is 8.09. The van der Waals surface area contributed by atoms with Crippen LogP contribution in [-0.2, 0) is 11.3 Å². The van der Waals surface area contributed by atoms with Crippen LogP contribution in [0, 0.1) is 28.8 Å². The molecule has 0 spiro atoms. The third-order valence-electron chi connectivity index (χ3n) is 5.95. The van der Waals surface area contributed by atoms with E-state index in [1.165, 1.54) is 24.4 Å². The summed E-state index contributed by atoms with van der Waals surface area (Å²) in [5.74, 6) is -1.94. The van der Waals surface area contributed by atoms with Gasteiger partial charge in [-0.2, -0.15) is 0 Å². The Hall–Kier alpha value is -3.70. The van der Waals surface area contributed by atoms with Gasteiger partial charge >= 0.3 is 0 Å². The number of aliphatic hydroxyl groups is 1. The molecule has 1 aliphatic rings. The number of halogens is 3. The van der Waals surface area contributed by atoms with Gasteiger partial charge in [-0.25, -0.2) is 18.2 Å². The Morgan fingerprint density at radius 2 is 2.03 bits per heavy atom. The summed E-state index contributed by atoms with van der Waals surface area (Å²) < 4.78 is 48.9. The number of aromatic nitrogens is 2. The van der Waals surface area contributed by atoms with Crippen LogP contribution in [0.1, 0.15) is 17.5 Å². The summed E-state index contributed by atoms with van der Waals surface area (Å²) in [5, 5.41) is 23.3. The monoisotopic (exact) mass is 487 g/mol. The molecule has 3 aromatic rings. The van der Waals surface area contributed by atoms with Gasteiger partial charge < -0.3 is 25.9 Å². The van der Waals surface area contributed by atoms with Gasteiger partial charge in [0.15, 0.2) is 5.82 Å². The SMILES string of the molecule is N=Cc1c(NCc2c(F)cccc2F)ccn(-c2cc(N[C@@H](CO)C3CCOC3)ncc2F)c1=O. The zero-order valence-corrected chi connectivity index (χ0v) is 18.6. The molecule has 184 valence electrons. The van der Waals surface area contributed by atoms with Gasteiger partial charge in [-0.15, -0.1) is 0 Å². The molecule has 2 atom stereocenters. The van der Waals surface area contributed by atoms with Crippen molar-refractivity contribution in [3.63, 3.8) is 0 Å². The number of nitrogens with one attached hydrogen (secondary N) is 3. The van der Waals surface area contributed by atoms with E-state index in [-0.39, 0.29) is 53.4 Å². The van der Waals surface area contributed by atoms with E-state index < -0.39 is 23.0 Å². The van der Waals surface area contributed by atoms with Crippen LogP contribution >= 0.6 is 0 Å². The first kappa shape index (κ1) is 24.4. The molecule has 1 aliphatic heterocycles. The minimum atomic E-state index is -0.771. The molecular weight excluding hydrogens is 463 g/mol. The molecule has 0 aliphatic carbocycles. The van der Waals surface area contributed by atoms with Crippen LogP contribution in [0.25, 0.3) is 5.69 Å². The highest BCUT2D eigenvalue weighted by Crippen LogP contribution is 2.23. The van der Waals surface area contributed by atoms with Crippen molar-refractivity contribution in [2.75, 3.05) is 30.5 Å². The van der Waals surface area contributed by atoms with Crippen molar-refractivity contribution in [2.45, 2.75) is 19.0 Å². The molecule has 35 heavy (non-hydrogen) atoms. The van der Waals surface area contributed by atoms with E-state index in [0.29, 0.717) is 13.2 Å². The maximum atomic E-state index is 14.7. The van der Waals surface area contributed by atoms with Gasteiger partial charge in [0.2, 0.25) is 0 Å². The lowest BCUT2D eigenvalue weighted by Crippen LogP contribution is -2.33. The summed E-state index contributed by atoms with van der Waals surface area (Å²) in [5.41, 5.74) is -0.987. The molecule has 2 aromatic heterocycles. The summed E-state index contributed by atoms with van der Waals surface area (Å²) >= 11 is 0. The molecule has 1 aromatic carbocycles. The van der Waals surface area contributed by atoms with Crippen molar-refractivity contribution in [1.29, 1.82) is 5.41 Å². The van der Waals surface area contributed by atoms with Gasteiger partial charge in [0.1, 0.15) is 17.5 Å². The normalized spacial score (nSPS) is 16.2. The van der Waals surface area contributed by atoms with Gasteiger partial charge in [-0.05, 0) is 24.6 Å². The fraction of sp³-hybridized carbons (Fsp3) is 0.292. The zero-order chi connectivity index (χ0) is 24.9. The number of ether oxygens (including phenoxy) is 1. The van der Waals surface area contributed by atoms with Crippen LogP contribution in [0.15, 0.2) is 47.5 Å². The van der Waals surface area contributed by atoms with Crippen molar-refractivity contribution in [3.05, 3.63) is 81.7 Å². The Bertz CT molecular complexity index is 1260. The van der Waals surface area contributed by atoms with E-state index in [9.17, 15) is 23.1 Å². The van der Waals surface area contributed by atoms with Gasteiger partial charge in [0.25, 0.3) is 5.56 Å². The standard InChI is InChI=1S/C24H24F3N5O3/c25-17-2-1-3-18(26)16(17)10-29-20-4-6-32(24(34)15(20)9-28)22-8-23(30-11-19(22)27)31-21(12-33)14-5-7-35-13-14/h1-4,6,8-9,11,14,21,28-29,33H,5,7,10,12-13H2,(H,30,31)/t14?,21-/m0/s1. The molecular formula is C24H24F3N5O3. The number of hydrogen-bond acceptors (Lipinski definition) is 7. The van der Waals surface area contributed by atoms with Crippen LogP contribution in [0.3, 0.4) is 0 Å². The molecule has 3 heterocycles. The predicted molar refractivity (Wildman–Crippen MR) is 125 cm³/mol. The van der Waals surface area contributed by atoms with Crippen molar-refractivity contribution in [2.24, 2.45) is 5.92 Å². The second-order valence-corrected chi connectivity index (χ2v) is 8.09. The first-order chi connectivity index (χ1) is 16.9. The zero-order valence-electron chi connectivity index (χ0n) is 18.6. The molecule has 1 unspecified atom stereocenters. The number of aliphatic hydroxyl groups excluding tert-OH is 1. The number of nitrogens with zero attached hydrogens (tertiary/aromatic N) is 2. The van der Waals surface area contributed by atoms with E-state index in [0.717, 1.165) is 35.5 Å². The van der Waals surface area contributed by atoms with Crippen molar-refractivity contribution in [3.8, 4) is 5.69 Å². The quantitative estimate of drug-likeness (QED) is 0.345. The van der Waals surface area contributed by atoms with Crippen molar-refractivity contribution >= 4 is 17.7 Å². The van der Waals surface area contributed by atoms with Crippen LogP contribution in [-0.4, -0.2) is 46.7 Å². The number of hydrogen-bond donors (Lipinski definition) is 4. The molecule has 4 rings (SSSR count). The lowest BCUT2D eigenvalue weighted by atomic mass is 10.00. The topological polar surface area (TPSA) is 112 Å². The van der Waals surface area contributed by atoms with Crippen LogP contribution in [0.5, 0.6) is 0 Å². The summed E-state index contributed by atoms with van der Waals surface area (Å²) in [6.45, 7) is 0.646. The Kier molecular flexibility index (Phi) is 7.47. The van der Waals surface area contributed by atoms with Crippen molar-refractivity contribution < 1.29 is 23.0 Å². The summed E-state index contributed by atoms with van der Waals surface area (Å²) in [6.07, 6.45) is 3.81. The molecule has 4 N–H and O–H groups in total. The van der Waals surface area contributed by atoms with Crippen molar-refractivity contribution in [1.82, 2.24) is 9.55 Å². The number of benzene rings is 1. The molecule has 11 heteroatoms. The smallest absolute Gasteiger partial charge is 0.266 e. The Morgan fingerprint density at radius 3 is 2.69 bits per heavy atom.